The van der Waals surface area contributed by atoms with Gasteiger partial charge in [0.15, 0.2) is 0 Å². The Bertz CT molecular complexity index is 771. The van der Waals surface area contributed by atoms with Gasteiger partial charge in [0.25, 0.3) is 0 Å². The Kier molecular flexibility index (Phi) is 17.6. The van der Waals surface area contributed by atoms with Gasteiger partial charge in [-0.1, -0.05) is 89.3 Å². The summed E-state index contributed by atoms with van der Waals surface area (Å²) >= 11 is 0. The molecule has 0 radical (unpaired) electrons. The molecule has 0 spiro atoms. The van der Waals surface area contributed by atoms with Crippen molar-refractivity contribution in [2.45, 2.75) is 129 Å². The highest BCUT2D eigenvalue weighted by Gasteiger charge is 2.19. The van der Waals surface area contributed by atoms with Gasteiger partial charge < -0.3 is 13.9 Å². The minimum atomic E-state index is -0.179. The molecule has 2 atom stereocenters. The predicted octanol–water partition coefficient (Wildman–Crippen LogP) is 9.68. The summed E-state index contributed by atoms with van der Waals surface area (Å²) in [6.07, 6.45) is 20.6. The van der Waals surface area contributed by atoms with Gasteiger partial charge in [-0.2, -0.15) is 0 Å². The van der Waals surface area contributed by atoms with Crippen LogP contribution in [-0.2, 0) is 9.53 Å². The molecule has 0 saturated heterocycles. The molecule has 4 nitrogen and oxygen atoms in total. The number of rotatable bonds is 24. The van der Waals surface area contributed by atoms with Crippen molar-refractivity contribution in [2.75, 3.05) is 13.2 Å². The quantitative estimate of drug-likeness (QED) is 0.131. The Labute approximate surface area is 226 Å². The summed E-state index contributed by atoms with van der Waals surface area (Å²) in [5.74, 6) is 1.77. The lowest BCUT2D eigenvalue weighted by Gasteiger charge is -2.19. The van der Waals surface area contributed by atoms with Gasteiger partial charge in [0, 0.05) is 13.0 Å². The van der Waals surface area contributed by atoms with Gasteiger partial charge in [-0.05, 0) is 63.3 Å². The molecule has 0 amide bonds. The maximum Gasteiger partial charge on any atom is 0.143 e. The molecule has 208 valence electrons. The Hall–Kier alpha value is -2.07. The SMILES string of the molecule is CCCCCCCCCCCC(CCC(=O)C(C)c1ccco1)OCCCCCCOc1ccccc1. The number of unbranched alkanes of at least 4 members (excludes halogenated alkanes) is 11. The molecule has 4 heteroatoms. The van der Waals surface area contributed by atoms with Crippen molar-refractivity contribution >= 4 is 5.78 Å². The van der Waals surface area contributed by atoms with E-state index < -0.39 is 0 Å². The molecule has 0 aliphatic heterocycles. The summed E-state index contributed by atoms with van der Waals surface area (Å²) in [5, 5.41) is 0. The van der Waals surface area contributed by atoms with Crippen molar-refractivity contribution in [1.29, 1.82) is 0 Å². The molecule has 1 aromatic heterocycles. The molecule has 0 fully saturated rings. The molecule has 1 heterocycles. The second kappa shape index (κ2) is 20.9. The van der Waals surface area contributed by atoms with Crippen LogP contribution in [0.3, 0.4) is 0 Å². The zero-order valence-electron chi connectivity index (χ0n) is 23.6. The maximum absolute atomic E-state index is 12.7. The van der Waals surface area contributed by atoms with Crippen LogP contribution in [0, 0.1) is 0 Å². The van der Waals surface area contributed by atoms with Crippen LogP contribution in [0.2, 0.25) is 0 Å². The first-order chi connectivity index (χ1) is 18.2. The number of hydrogen-bond acceptors (Lipinski definition) is 4. The fourth-order valence-corrected chi connectivity index (χ4v) is 4.72. The molecule has 2 aromatic rings. The first-order valence-electron chi connectivity index (χ1n) is 15.1. The number of benzene rings is 1. The smallest absolute Gasteiger partial charge is 0.143 e. The lowest BCUT2D eigenvalue weighted by atomic mass is 9.96. The van der Waals surface area contributed by atoms with Crippen molar-refractivity contribution in [1.82, 2.24) is 0 Å². The lowest BCUT2D eigenvalue weighted by molar-refractivity contribution is -0.121. The Morgan fingerprint density at radius 1 is 0.757 bits per heavy atom. The van der Waals surface area contributed by atoms with Gasteiger partial charge in [-0.25, -0.2) is 0 Å². The lowest BCUT2D eigenvalue weighted by Crippen LogP contribution is -2.18. The molecule has 2 rings (SSSR count). The van der Waals surface area contributed by atoms with Crippen molar-refractivity contribution < 1.29 is 18.7 Å². The number of para-hydroxylation sites is 1. The number of Topliss-reactive ketones (excluding diaryl/α,β-unsaturated/α-hetero) is 1. The van der Waals surface area contributed by atoms with Crippen LogP contribution in [0.15, 0.2) is 53.1 Å². The molecule has 0 saturated carbocycles. The van der Waals surface area contributed by atoms with Gasteiger partial charge in [0.2, 0.25) is 0 Å². The molecule has 0 N–H and O–H groups in total. The molecule has 37 heavy (non-hydrogen) atoms. The van der Waals surface area contributed by atoms with E-state index in [-0.39, 0.29) is 17.8 Å². The minimum Gasteiger partial charge on any atom is -0.494 e. The predicted molar refractivity (Wildman–Crippen MR) is 153 cm³/mol. The second-order valence-corrected chi connectivity index (χ2v) is 10.4. The standard InChI is InChI=1S/C33H52O4/c1-3-4-5-6-7-8-9-10-14-22-31(24-25-32(34)29(2)33-23-19-28-37-33)36-27-18-12-11-17-26-35-30-20-15-13-16-21-30/h13,15-16,19-21,23,28-29,31H,3-12,14,17-18,22,24-27H2,1-2H3. The molecule has 0 bridgehead atoms. The number of carbonyl (C=O) groups is 1. The highest BCUT2D eigenvalue weighted by atomic mass is 16.5. The Morgan fingerprint density at radius 3 is 2.08 bits per heavy atom. The minimum absolute atomic E-state index is 0.179. The van der Waals surface area contributed by atoms with Gasteiger partial charge in [0.05, 0.1) is 24.9 Å². The van der Waals surface area contributed by atoms with Crippen LogP contribution in [0.25, 0.3) is 0 Å². The van der Waals surface area contributed by atoms with Crippen molar-refractivity contribution in [3.63, 3.8) is 0 Å². The van der Waals surface area contributed by atoms with E-state index in [2.05, 4.69) is 6.92 Å². The summed E-state index contributed by atoms with van der Waals surface area (Å²) in [6, 6.07) is 13.8. The highest BCUT2D eigenvalue weighted by molar-refractivity contribution is 5.84. The summed E-state index contributed by atoms with van der Waals surface area (Å²) in [5.41, 5.74) is 0. The average molecular weight is 513 g/mol. The zero-order chi connectivity index (χ0) is 26.4. The summed E-state index contributed by atoms with van der Waals surface area (Å²) in [6.45, 7) is 5.76. The van der Waals surface area contributed by atoms with Crippen LogP contribution in [0.5, 0.6) is 5.75 Å². The third-order valence-electron chi connectivity index (χ3n) is 7.20. The molecule has 1 aromatic carbocycles. The zero-order valence-corrected chi connectivity index (χ0v) is 23.6. The van der Waals surface area contributed by atoms with E-state index in [4.69, 9.17) is 13.9 Å². The van der Waals surface area contributed by atoms with E-state index in [9.17, 15) is 4.79 Å². The first-order valence-corrected chi connectivity index (χ1v) is 15.1. The topological polar surface area (TPSA) is 48.7 Å². The van der Waals surface area contributed by atoms with E-state index in [1.54, 1.807) is 6.26 Å². The largest absolute Gasteiger partial charge is 0.494 e. The Balaban J connectivity index is 1.61. The van der Waals surface area contributed by atoms with Crippen LogP contribution in [-0.4, -0.2) is 25.1 Å². The normalized spacial score (nSPS) is 12.9. The van der Waals surface area contributed by atoms with E-state index in [0.29, 0.717) is 6.42 Å². The Morgan fingerprint density at radius 2 is 1.41 bits per heavy atom. The number of furan rings is 1. The van der Waals surface area contributed by atoms with E-state index in [0.717, 1.165) is 63.2 Å². The van der Waals surface area contributed by atoms with Gasteiger partial charge in [-0.3, -0.25) is 4.79 Å². The van der Waals surface area contributed by atoms with Crippen LogP contribution >= 0.6 is 0 Å². The van der Waals surface area contributed by atoms with Crippen LogP contribution < -0.4 is 4.74 Å². The second-order valence-electron chi connectivity index (χ2n) is 10.4. The fraction of sp³-hybridized carbons (Fsp3) is 0.667. The monoisotopic (exact) mass is 512 g/mol. The van der Waals surface area contributed by atoms with E-state index >= 15 is 0 Å². The number of ether oxygens (including phenoxy) is 2. The third-order valence-corrected chi connectivity index (χ3v) is 7.20. The molecule has 0 aliphatic rings. The van der Waals surface area contributed by atoms with E-state index in [1.165, 1.54) is 57.8 Å². The summed E-state index contributed by atoms with van der Waals surface area (Å²) < 4.78 is 17.5. The van der Waals surface area contributed by atoms with Crippen molar-refractivity contribution in [3.8, 4) is 5.75 Å². The first kappa shape index (κ1) is 31.1. The molecular weight excluding hydrogens is 460 g/mol. The van der Waals surface area contributed by atoms with Crippen molar-refractivity contribution in [3.05, 3.63) is 54.5 Å². The van der Waals surface area contributed by atoms with Crippen LogP contribution in [0.1, 0.15) is 128 Å². The fourth-order valence-electron chi connectivity index (χ4n) is 4.72. The molecule has 2 unspecified atom stereocenters. The van der Waals surface area contributed by atoms with Gasteiger partial charge in [-0.15, -0.1) is 0 Å². The summed E-state index contributed by atoms with van der Waals surface area (Å²) in [7, 11) is 0. The van der Waals surface area contributed by atoms with Gasteiger partial charge >= 0.3 is 0 Å². The van der Waals surface area contributed by atoms with Gasteiger partial charge in [0.1, 0.15) is 17.3 Å². The number of hydrogen-bond donors (Lipinski definition) is 0. The van der Waals surface area contributed by atoms with E-state index in [1.807, 2.05) is 49.4 Å². The molecular formula is C33H52O4. The number of ketones is 1. The summed E-state index contributed by atoms with van der Waals surface area (Å²) in [4.78, 5) is 12.7. The molecule has 0 aliphatic carbocycles. The third kappa shape index (κ3) is 15.1. The average Bonchev–Trinajstić information content (AvgIpc) is 3.47. The highest BCUT2D eigenvalue weighted by Crippen LogP contribution is 2.22. The van der Waals surface area contributed by atoms with Crippen LogP contribution in [0.4, 0.5) is 0 Å². The number of carbonyl (C=O) groups excluding carboxylic acids is 1. The van der Waals surface area contributed by atoms with Crippen molar-refractivity contribution in [2.24, 2.45) is 0 Å². The maximum atomic E-state index is 12.7.